The van der Waals surface area contributed by atoms with E-state index in [0.717, 1.165) is 44.4 Å². The first kappa shape index (κ1) is 11.0. The van der Waals surface area contributed by atoms with Crippen LogP contribution in [0.15, 0.2) is 0 Å². The fourth-order valence-electron chi connectivity index (χ4n) is 2.81. The number of ether oxygens (including phenoxy) is 1. The van der Waals surface area contributed by atoms with Crippen molar-refractivity contribution in [2.75, 3.05) is 25.1 Å². The van der Waals surface area contributed by atoms with Crippen LogP contribution in [0.1, 0.15) is 44.5 Å². The zero-order valence-corrected chi connectivity index (χ0v) is 10.5. The number of nitrogens with zero attached hydrogens (tertiary/aromatic N) is 3. The minimum atomic E-state index is 0.391. The summed E-state index contributed by atoms with van der Waals surface area (Å²) in [4.78, 5) is 4.63. The number of fused-ring (bicyclic) bond motifs is 1. The first-order valence-electron chi connectivity index (χ1n) is 6.57. The van der Waals surface area contributed by atoms with Crippen LogP contribution in [0.3, 0.4) is 0 Å². The predicted octanol–water partition coefficient (Wildman–Crippen LogP) is 1.79. The van der Waals surface area contributed by atoms with Crippen LogP contribution in [0.4, 0.5) is 5.95 Å². The third-order valence-corrected chi connectivity index (χ3v) is 3.91. The molecule has 2 aliphatic heterocycles. The van der Waals surface area contributed by atoms with Crippen molar-refractivity contribution in [2.24, 2.45) is 5.92 Å². The molecule has 1 aromatic rings. The molecular formula is C12H20N4O. The van der Waals surface area contributed by atoms with Crippen molar-refractivity contribution < 1.29 is 4.74 Å². The monoisotopic (exact) mass is 236 g/mol. The molecule has 17 heavy (non-hydrogen) atoms. The number of aromatic nitrogens is 3. The molecule has 0 radical (unpaired) electrons. The van der Waals surface area contributed by atoms with Gasteiger partial charge < -0.3 is 10.1 Å². The molecule has 3 atom stereocenters. The third-order valence-electron chi connectivity index (χ3n) is 3.91. The summed E-state index contributed by atoms with van der Waals surface area (Å²) in [5, 5.41) is 8.07. The smallest absolute Gasteiger partial charge is 0.221 e. The molecule has 0 aromatic carbocycles. The Morgan fingerprint density at radius 1 is 1.53 bits per heavy atom. The van der Waals surface area contributed by atoms with Crippen molar-refractivity contribution in [1.82, 2.24) is 14.8 Å². The summed E-state index contributed by atoms with van der Waals surface area (Å²) >= 11 is 0. The average Bonchev–Trinajstić information content (AvgIpc) is 2.97. The van der Waals surface area contributed by atoms with Crippen LogP contribution >= 0.6 is 0 Å². The first-order valence-corrected chi connectivity index (χ1v) is 6.57. The summed E-state index contributed by atoms with van der Waals surface area (Å²) in [5.74, 6) is 2.90. The molecule has 2 aliphatic rings. The summed E-state index contributed by atoms with van der Waals surface area (Å²) in [7, 11) is 0. The summed E-state index contributed by atoms with van der Waals surface area (Å²) < 4.78 is 7.49. The second-order valence-corrected chi connectivity index (χ2v) is 5.13. The molecule has 1 N–H and O–H groups in total. The van der Waals surface area contributed by atoms with Gasteiger partial charge in [0.05, 0.1) is 12.6 Å². The normalized spacial score (nSPS) is 32.2. The average molecular weight is 236 g/mol. The lowest BCUT2D eigenvalue weighted by molar-refractivity contribution is 0.193. The van der Waals surface area contributed by atoms with Gasteiger partial charge in [0.2, 0.25) is 5.95 Å². The van der Waals surface area contributed by atoms with E-state index in [-0.39, 0.29) is 0 Å². The Balaban J connectivity index is 1.90. The van der Waals surface area contributed by atoms with Crippen LogP contribution in [0, 0.1) is 5.92 Å². The minimum absolute atomic E-state index is 0.391. The van der Waals surface area contributed by atoms with E-state index in [1.807, 2.05) is 0 Å². The lowest BCUT2D eigenvalue weighted by Gasteiger charge is -2.29. The number of anilines is 1. The number of rotatable bonds is 2. The zero-order chi connectivity index (χ0) is 11.8. The Kier molecular flexibility index (Phi) is 2.78. The maximum absolute atomic E-state index is 5.41. The van der Waals surface area contributed by atoms with Gasteiger partial charge in [-0.3, -0.25) is 0 Å². The molecule has 0 amide bonds. The molecule has 1 saturated heterocycles. The van der Waals surface area contributed by atoms with Gasteiger partial charge in [-0.1, -0.05) is 13.8 Å². The number of nitrogens with one attached hydrogen (secondary N) is 1. The lowest BCUT2D eigenvalue weighted by Crippen LogP contribution is -2.31. The van der Waals surface area contributed by atoms with Crippen LogP contribution < -0.4 is 5.32 Å². The Hall–Kier alpha value is -1.10. The maximum atomic E-state index is 5.41. The van der Waals surface area contributed by atoms with Crippen molar-refractivity contribution in [3.63, 3.8) is 0 Å². The molecule has 1 aromatic heterocycles. The molecule has 3 heterocycles. The van der Waals surface area contributed by atoms with Crippen molar-refractivity contribution in [3.05, 3.63) is 5.82 Å². The molecule has 3 unspecified atom stereocenters. The van der Waals surface area contributed by atoms with Gasteiger partial charge in [-0.2, -0.15) is 10.1 Å². The van der Waals surface area contributed by atoms with Crippen LogP contribution in [-0.4, -0.2) is 34.5 Å². The highest BCUT2D eigenvalue weighted by Crippen LogP contribution is 2.31. The van der Waals surface area contributed by atoms with E-state index in [1.165, 1.54) is 0 Å². The Morgan fingerprint density at radius 2 is 2.41 bits per heavy atom. The number of hydrogen-bond donors (Lipinski definition) is 1. The highest BCUT2D eigenvalue weighted by Gasteiger charge is 2.30. The highest BCUT2D eigenvalue weighted by atomic mass is 16.5. The summed E-state index contributed by atoms with van der Waals surface area (Å²) in [6, 6.07) is 0.481. The molecule has 0 spiro atoms. The van der Waals surface area contributed by atoms with Crippen LogP contribution in [0.25, 0.3) is 0 Å². The Morgan fingerprint density at radius 3 is 3.12 bits per heavy atom. The molecule has 0 bridgehead atoms. The van der Waals surface area contributed by atoms with Crippen molar-refractivity contribution in [3.8, 4) is 0 Å². The SMILES string of the molecule is CCC1C(C)CNc2nc(C3CCOC3)nn21. The van der Waals surface area contributed by atoms with Gasteiger partial charge in [-0.05, 0) is 18.8 Å². The summed E-state index contributed by atoms with van der Waals surface area (Å²) in [5.41, 5.74) is 0. The molecule has 0 saturated carbocycles. The minimum Gasteiger partial charge on any atom is -0.381 e. The van der Waals surface area contributed by atoms with Gasteiger partial charge in [0.25, 0.3) is 0 Å². The second-order valence-electron chi connectivity index (χ2n) is 5.13. The molecule has 5 heteroatoms. The summed E-state index contributed by atoms with van der Waals surface area (Å²) in [6.07, 6.45) is 2.16. The Labute approximate surface area is 102 Å². The maximum Gasteiger partial charge on any atom is 0.221 e. The first-order chi connectivity index (χ1) is 8.29. The topological polar surface area (TPSA) is 52.0 Å². The second kappa shape index (κ2) is 4.29. The van der Waals surface area contributed by atoms with Crippen molar-refractivity contribution in [1.29, 1.82) is 0 Å². The molecular weight excluding hydrogens is 216 g/mol. The van der Waals surface area contributed by atoms with Gasteiger partial charge in [0.1, 0.15) is 0 Å². The standard InChI is InChI=1S/C12H20N4O/c1-3-10-8(2)6-13-12-14-11(15-16(10)12)9-4-5-17-7-9/h8-10H,3-7H2,1-2H3,(H,13,14,15). The van der Waals surface area contributed by atoms with E-state index in [4.69, 9.17) is 9.84 Å². The van der Waals surface area contributed by atoms with E-state index in [2.05, 4.69) is 28.8 Å². The molecule has 1 fully saturated rings. The fraction of sp³-hybridized carbons (Fsp3) is 0.833. The molecule has 94 valence electrons. The fourth-order valence-corrected chi connectivity index (χ4v) is 2.81. The third kappa shape index (κ3) is 1.82. The molecule has 5 nitrogen and oxygen atoms in total. The highest BCUT2D eigenvalue weighted by molar-refractivity contribution is 5.29. The van der Waals surface area contributed by atoms with Gasteiger partial charge in [0, 0.05) is 19.1 Å². The van der Waals surface area contributed by atoms with E-state index >= 15 is 0 Å². The van der Waals surface area contributed by atoms with Crippen LogP contribution in [0.2, 0.25) is 0 Å². The van der Waals surface area contributed by atoms with Crippen LogP contribution in [0.5, 0.6) is 0 Å². The number of hydrogen-bond acceptors (Lipinski definition) is 4. The molecule has 3 rings (SSSR count). The Bertz CT molecular complexity index is 397. The van der Waals surface area contributed by atoms with Crippen molar-refractivity contribution >= 4 is 5.95 Å². The zero-order valence-electron chi connectivity index (χ0n) is 10.5. The van der Waals surface area contributed by atoms with E-state index in [1.54, 1.807) is 0 Å². The summed E-state index contributed by atoms with van der Waals surface area (Å²) in [6.45, 7) is 7.10. The van der Waals surface area contributed by atoms with Gasteiger partial charge in [0.15, 0.2) is 5.82 Å². The van der Waals surface area contributed by atoms with E-state index in [0.29, 0.717) is 17.9 Å². The van der Waals surface area contributed by atoms with Crippen molar-refractivity contribution in [2.45, 2.75) is 38.6 Å². The van der Waals surface area contributed by atoms with Gasteiger partial charge in [-0.15, -0.1) is 0 Å². The van der Waals surface area contributed by atoms with Gasteiger partial charge >= 0.3 is 0 Å². The van der Waals surface area contributed by atoms with Crippen LogP contribution in [-0.2, 0) is 4.74 Å². The van der Waals surface area contributed by atoms with Gasteiger partial charge in [-0.25, -0.2) is 4.68 Å². The quantitative estimate of drug-likeness (QED) is 0.850. The molecule has 0 aliphatic carbocycles. The lowest BCUT2D eigenvalue weighted by atomic mass is 9.98. The largest absolute Gasteiger partial charge is 0.381 e. The predicted molar refractivity (Wildman–Crippen MR) is 65.2 cm³/mol. The van der Waals surface area contributed by atoms with E-state index < -0.39 is 0 Å². The van der Waals surface area contributed by atoms with E-state index in [9.17, 15) is 0 Å².